The van der Waals surface area contributed by atoms with E-state index in [9.17, 15) is 4.39 Å². The molecule has 1 aliphatic heterocycles. The number of nitrogens with one attached hydrogen (secondary N) is 1. The molecular weight excluding hydrogens is 265 g/mol. The molecule has 1 aromatic heterocycles. The van der Waals surface area contributed by atoms with Crippen molar-refractivity contribution in [3.05, 3.63) is 46.5 Å². The number of benzene rings is 1. The molecule has 21 heavy (non-hydrogen) atoms. The van der Waals surface area contributed by atoms with Gasteiger partial charge in [-0.05, 0) is 30.5 Å². The van der Waals surface area contributed by atoms with Crippen molar-refractivity contribution >= 4 is 0 Å². The zero-order chi connectivity index (χ0) is 15.0. The van der Waals surface area contributed by atoms with Gasteiger partial charge in [-0.1, -0.05) is 19.9 Å². The zero-order valence-electron chi connectivity index (χ0n) is 12.7. The third-order valence-electron chi connectivity index (χ3n) is 3.95. The standard InChI is InChI=1S/C17H20FN3/c1-10(2)16-14-9-19-7-6-15(14)20-17(21-16)13-8-12(18)5-4-11(13)3/h4-5,8,10,19H,6-7,9H2,1-3H3. The van der Waals surface area contributed by atoms with Gasteiger partial charge in [0.2, 0.25) is 0 Å². The first-order valence-electron chi connectivity index (χ1n) is 7.43. The first-order chi connectivity index (χ1) is 10.1. The molecule has 0 spiro atoms. The topological polar surface area (TPSA) is 37.8 Å². The lowest BCUT2D eigenvalue weighted by molar-refractivity contribution is 0.608. The number of fused-ring (bicyclic) bond motifs is 1. The predicted octanol–water partition coefficient (Wildman–Crippen LogP) is 3.36. The summed E-state index contributed by atoms with van der Waals surface area (Å²) in [6.07, 6.45) is 0.902. The Balaban J connectivity index is 2.19. The minimum atomic E-state index is -0.246. The van der Waals surface area contributed by atoms with Gasteiger partial charge in [0, 0.05) is 30.6 Å². The Morgan fingerprint density at radius 1 is 1.24 bits per heavy atom. The van der Waals surface area contributed by atoms with E-state index in [1.807, 2.05) is 6.92 Å². The maximum absolute atomic E-state index is 13.6. The van der Waals surface area contributed by atoms with Gasteiger partial charge in [0.25, 0.3) is 0 Å². The van der Waals surface area contributed by atoms with Crippen LogP contribution in [0.5, 0.6) is 0 Å². The summed E-state index contributed by atoms with van der Waals surface area (Å²) in [5, 5.41) is 3.38. The Kier molecular flexibility index (Phi) is 3.72. The maximum atomic E-state index is 13.6. The molecular formula is C17H20FN3. The number of hydrogen-bond acceptors (Lipinski definition) is 3. The second-order valence-corrected chi connectivity index (χ2v) is 5.90. The van der Waals surface area contributed by atoms with Crippen LogP contribution in [0.2, 0.25) is 0 Å². The van der Waals surface area contributed by atoms with Crippen molar-refractivity contribution in [1.82, 2.24) is 15.3 Å². The van der Waals surface area contributed by atoms with Gasteiger partial charge in [0.1, 0.15) is 5.82 Å². The Morgan fingerprint density at radius 3 is 2.81 bits per heavy atom. The highest BCUT2D eigenvalue weighted by atomic mass is 19.1. The number of halogens is 1. The fourth-order valence-corrected chi connectivity index (χ4v) is 2.80. The van der Waals surface area contributed by atoms with E-state index < -0.39 is 0 Å². The molecule has 0 radical (unpaired) electrons. The minimum Gasteiger partial charge on any atom is -0.312 e. The van der Waals surface area contributed by atoms with Gasteiger partial charge in [-0.3, -0.25) is 0 Å². The lowest BCUT2D eigenvalue weighted by Crippen LogP contribution is -2.27. The largest absolute Gasteiger partial charge is 0.312 e. The summed E-state index contributed by atoms with van der Waals surface area (Å²) in [4.78, 5) is 9.45. The first-order valence-corrected chi connectivity index (χ1v) is 7.43. The molecule has 0 saturated heterocycles. The van der Waals surface area contributed by atoms with Gasteiger partial charge in [0.05, 0.1) is 11.4 Å². The normalized spacial score (nSPS) is 14.3. The van der Waals surface area contributed by atoms with Crippen molar-refractivity contribution < 1.29 is 4.39 Å². The lowest BCUT2D eigenvalue weighted by atomic mass is 9.97. The molecule has 3 rings (SSSR count). The molecule has 0 unspecified atom stereocenters. The van der Waals surface area contributed by atoms with Crippen LogP contribution in [-0.2, 0) is 13.0 Å². The predicted molar refractivity (Wildman–Crippen MR) is 81.7 cm³/mol. The van der Waals surface area contributed by atoms with Crippen LogP contribution in [0.3, 0.4) is 0 Å². The average molecular weight is 285 g/mol. The van der Waals surface area contributed by atoms with Crippen LogP contribution in [0, 0.1) is 12.7 Å². The molecule has 110 valence electrons. The molecule has 1 aromatic carbocycles. The number of aromatic nitrogens is 2. The Hall–Kier alpha value is -1.81. The number of hydrogen-bond donors (Lipinski definition) is 1. The van der Waals surface area contributed by atoms with Crippen molar-refractivity contribution in [1.29, 1.82) is 0 Å². The van der Waals surface area contributed by atoms with Gasteiger partial charge in [-0.25, -0.2) is 14.4 Å². The van der Waals surface area contributed by atoms with Gasteiger partial charge in [0.15, 0.2) is 5.82 Å². The molecule has 2 aromatic rings. The Morgan fingerprint density at radius 2 is 2.05 bits per heavy atom. The van der Waals surface area contributed by atoms with E-state index >= 15 is 0 Å². The second-order valence-electron chi connectivity index (χ2n) is 5.90. The SMILES string of the molecule is Cc1ccc(F)cc1-c1nc2c(c(C(C)C)n1)CNCC2. The van der Waals surface area contributed by atoms with Crippen LogP contribution >= 0.6 is 0 Å². The van der Waals surface area contributed by atoms with E-state index in [1.54, 1.807) is 6.07 Å². The third-order valence-corrected chi connectivity index (χ3v) is 3.95. The molecule has 0 atom stereocenters. The molecule has 4 heteroatoms. The average Bonchev–Trinajstić information content (AvgIpc) is 2.48. The van der Waals surface area contributed by atoms with Gasteiger partial charge < -0.3 is 5.32 Å². The summed E-state index contributed by atoms with van der Waals surface area (Å²) < 4.78 is 13.6. The van der Waals surface area contributed by atoms with Gasteiger partial charge in [-0.2, -0.15) is 0 Å². The highest BCUT2D eigenvalue weighted by Gasteiger charge is 2.20. The van der Waals surface area contributed by atoms with Crippen LogP contribution in [0.1, 0.15) is 42.3 Å². The third kappa shape index (κ3) is 2.68. The molecule has 0 aliphatic carbocycles. The number of aryl methyl sites for hydroxylation is 1. The molecule has 0 amide bonds. The van der Waals surface area contributed by atoms with Crippen LogP contribution < -0.4 is 5.32 Å². The van der Waals surface area contributed by atoms with Gasteiger partial charge in [-0.15, -0.1) is 0 Å². The molecule has 0 saturated carbocycles. The molecule has 3 nitrogen and oxygen atoms in total. The molecule has 0 bridgehead atoms. The van der Waals surface area contributed by atoms with E-state index in [0.29, 0.717) is 11.7 Å². The quantitative estimate of drug-likeness (QED) is 0.919. The van der Waals surface area contributed by atoms with Crippen molar-refractivity contribution in [2.45, 2.75) is 39.7 Å². The highest BCUT2D eigenvalue weighted by molar-refractivity contribution is 5.61. The summed E-state index contributed by atoms with van der Waals surface area (Å²) >= 11 is 0. The van der Waals surface area contributed by atoms with Crippen molar-refractivity contribution in [2.75, 3.05) is 6.54 Å². The van der Waals surface area contributed by atoms with Gasteiger partial charge >= 0.3 is 0 Å². The lowest BCUT2D eigenvalue weighted by Gasteiger charge is -2.22. The Bertz CT molecular complexity index is 680. The molecule has 2 heterocycles. The maximum Gasteiger partial charge on any atom is 0.160 e. The van der Waals surface area contributed by atoms with Crippen LogP contribution in [0.25, 0.3) is 11.4 Å². The number of nitrogens with zero attached hydrogens (tertiary/aromatic N) is 2. The van der Waals surface area contributed by atoms with Crippen molar-refractivity contribution in [3.8, 4) is 11.4 Å². The van der Waals surface area contributed by atoms with Crippen LogP contribution in [0.4, 0.5) is 4.39 Å². The number of rotatable bonds is 2. The molecule has 1 aliphatic rings. The van der Waals surface area contributed by atoms with Crippen LogP contribution in [0.15, 0.2) is 18.2 Å². The summed E-state index contributed by atoms with van der Waals surface area (Å²) in [6, 6.07) is 4.79. The Labute approximate surface area is 124 Å². The van der Waals surface area contributed by atoms with E-state index in [2.05, 4.69) is 19.2 Å². The summed E-state index contributed by atoms with van der Waals surface area (Å²) in [5.74, 6) is 0.732. The van der Waals surface area contributed by atoms with Crippen LogP contribution in [-0.4, -0.2) is 16.5 Å². The van der Waals surface area contributed by atoms with E-state index in [-0.39, 0.29) is 5.82 Å². The minimum absolute atomic E-state index is 0.246. The second kappa shape index (κ2) is 5.53. The van der Waals surface area contributed by atoms with E-state index in [1.165, 1.54) is 17.7 Å². The summed E-state index contributed by atoms with van der Waals surface area (Å²) in [6.45, 7) is 8.00. The first kappa shape index (κ1) is 14.1. The fourth-order valence-electron chi connectivity index (χ4n) is 2.80. The fraction of sp³-hybridized carbons (Fsp3) is 0.412. The molecule has 1 N–H and O–H groups in total. The molecule has 0 fully saturated rings. The summed E-state index contributed by atoms with van der Waals surface area (Å²) in [5.41, 5.74) is 5.18. The smallest absolute Gasteiger partial charge is 0.160 e. The van der Waals surface area contributed by atoms with Crippen molar-refractivity contribution in [3.63, 3.8) is 0 Å². The van der Waals surface area contributed by atoms with Crippen molar-refractivity contribution in [2.24, 2.45) is 0 Å². The van der Waals surface area contributed by atoms with E-state index in [0.717, 1.165) is 42.0 Å². The zero-order valence-corrected chi connectivity index (χ0v) is 12.7. The van der Waals surface area contributed by atoms with E-state index in [4.69, 9.17) is 9.97 Å². The summed E-state index contributed by atoms with van der Waals surface area (Å²) in [7, 11) is 0. The monoisotopic (exact) mass is 285 g/mol. The highest BCUT2D eigenvalue weighted by Crippen LogP contribution is 2.28.